The fraction of sp³-hybridized carbons (Fsp3) is 0.413. The molecule has 2 amide bonds. The first-order chi connectivity index (χ1) is 37.0. The molecule has 0 bridgehead atoms. The van der Waals surface area contributed by atoms with Crippen molar-refractivity contribution in [3.05, 3.63) is 116 Å². The molecule has 426 valence electrons. The summed E-state index contributed by atoms with van der Waals surface area (Å²) in [5.74, 6) is 4.50. The van der Waals surface area contributed by atoms with Crippen LogP contribution in [-0.4, -0.2) is 116 Å². The number of nitrogens with one attached hydrogen (secondary N) is 2. The van der Waals surface area contributed by atoms with Crippen LogP contribution in [0, 0.1) is 25.7 Å². The number of nitrogen functional groups attached to an aromatic ring is 1. The van der Waals surface area contributed by atoms with E-state index in [9.17, 15) is 43.0 Å². The Morgan fingerprint density at radius 2 is 1.78 bits per heavy atom. The summed E-state index contributed by atoms with van der Waals surface area (Å²) in [5, 5.41) is 24.7. The van der Waals surface area contributed by atoms with Gasteiger partial charge in [-0.1, -0.05) is 60.3 Å². The molecule has 4 aliphatic rings. The fourth-order valence-corrected chi connectivity index (χ4v) is 13.6. The van der Waals surface area contributed by atoms with Crippen molar-refractivity contribution in [1.82, 2.24) is 24.7 Å². The lowest BCUT2D eigenvalue weighted by atomic mass is 9.90. The molecule has 1 aliphatic carbocycles. The lowest BCUT2D eigenvalue weighted by Crippen LogP contribution is -2.50. The molecule has 33 heteroatoms. The lowest BCUT2D eigenvalue weighted by molar-refractivity contribution is -0.362. The first-order valence-corrected chi connectivity index (χ1v) is 31.0. The van der Waals surface area contributed by atoms with Crippen LogP contribution in [0.1, 0.15) is 92.0 Å². The van der Waals surface area contributed by atoms with Gasteiger partial charge in [0.15, 0.2) is 5.70 Å². The Bertz CT molecular complexity index is 3330. The summed E-state index contributed by atoms with van der Waals surface area (Å²) in [7, 11) is -14.1. The summed E-state index contributed by atoms with van der Waals surface area (Å²) in [5.41, 5.74) is 9.11. The van der Waals surface area contributed by atoms with E-state index >= 15 is 8.63 Å². The smallest absolute Gasteiger partial charge is 0.510 e. The summed E-state index contributed by atoms with van der Waals surface area (Å²) < 4.78 is 94.1. The van der Waals surface area contributed by atoms with Crippen LogP contribution in [0.2, 0.25) is 0 Å². The SMILES string of the molecule is Cc1cc(C)n2c1C=C1C=CC(CCC(=O)NCCC3=CCC(/N=N/c4ccc(C(=O)NCC#Cc5cn([C@H]6CC(OCSSC(C)(C)C)[C@@H](COP(=O)(O)OP(=O)(O)OP(=O)(O)O)O6)c(=O)nc5N)cc4)C(O)=C3)=[N+]1[B-]2(F)F. The minimum atomic E-state index is -5.80. The third-order valence-electron chi connectivity index (χ3n) is 12.0. The number of benzene rings is 1. The Morgan fingerprint density at radius 3 is 2.48 bits per heavy atom. The molecule has 5 heterocycles. The Balaban J connectivity index is 0.866. The number of anilines is 1. The van der Waals surface area contributed by atoms with Gasteiger partial charge in [0.2, 0.25) is 5.91 Å². The van der Waals surface area contributed by atoms with E-state index in [-0.39, 0.29) is 71.6 Å². The van der Waals surface area contributed by atoms with Gasteiger partial charge in [0.1, 0.15) is 41.6 Å². The van der Waals surface area contributed by atoms with Gasteiger partial charge >= 0.3 is 36.1 Å². The molecule has 79 heavy (non-hydrogen) atoms. The number of ether oxygens (including phenoxy) is 2. The zero-order chi connectivity index (χ0) is 57.7. The van der Waals surface area contributed by atoms with Gasteiger partial charge in [-0.05, 0) is 79.9 Å². The predicted octanol–water partition coefficient (Wildman–Crippen LogP) is 6.99. The highest BCUT2D eigenvalue weighted by molar-refractivity contribution is 8.77. The van der Waals surface area contributed by atoms with E-state index in [0.717, 1.165) is 24.7 Å². The Hall–Kier alpha value is -5.34. The van der Waals surface area contributed by atoms with Crippen LogP contribution in [-0.2, 0) is 41.1 Å². The standard InChI is InChI=1S/C46H57BF2N9O16P3S2/c1-28-21-29(2)57-37(28)23-35-14-13-34(58(35)47(57,48)49)15-17-41(60)51-20-18-30-8-16-36(38(59)22-30)55-54-33-11-9-31(10-12-33)44(61)52-19-6-7-32-25-56(45(62)53-43(32)50)42-24-39(70-27-78-79-46(3,4)5)40(72-42)26-71-76(66,67)74-77(68,69)73-75(63,64)65/h8-14,21-23,25,36,39-40,42,59H,15-20,24,26-27H2,1-5H3,(H,51,60)(H,52,61)(H,66,67)(H,68,69)(H2,50,53,62)(H2,63,64,65)/b55-54+/t36?,39?,40-,42-/m1/s1. The second-order valence-corrected chi connectivity index (χ2v) is 26.6. The number of nitrogens with two attached hydrogens (primary N) is 1. The maximum atomic E-state index is 15.7. The number of hydrogen-bond acceptors (Lipinski definition) is 18. The topological polar surface area (TPSA) is 350 Å². The van der Waals surface area contributed by atoms with Gasteiger partial charge in [-0.3, -0.25) is 18.7 Å². The van der Waals surface area contributed by atoms with Crippen LogP contribution in [0.3, 0.4) is 0 Å². The predicted molar refractivity (Wildman–Crippen MR) is 290 cm³/mol. The molecule has 1 saturated heterocycles. The zero-order valence-corrected chi connectivity index (χ0v) is 47.3. The third-order valence-corrected chi connectivity index (χ3v) is 18.8. The first kappa shape index (κ1) is 61.3. The summed E-state index contributed by atoms with van der Waals surface area (Å²) in [6.45, 7) is 4.50. The normalized spacial score (nSPS) is 21.3. The first-order valence-electron chi connectivity index (χ1n) is 24.1. The number of nitrogens with zero attached hydrogens (tertiary/aromatic N) is 6. The fourth-order valence-electron chi connectivity index (χ4n) is 8.53. The number of phosphoric ester groups is 1. The van der Waals surface area contributed by atoms with Crippen LogP contribution >= 0.6 is 45.1 Å². The molecule has 0 saturated carbocycles. The van der Waals surface area contributed by atoms with E-state index in [1.54, 1.807) is 56.4 Å². The van der Waals surface area contributed by atoms with Crippen LogP contribution in [0.5, 0.6) is 0 Å². The lowest BCUT2D eigenvalue weighted by Gasteiger charge is -2.30. The van der Waals surface area contributed by atoms with Crippen LogP contribution < -0.4 is 22.1 Å². The van der Waals surface area contributed by atoms with E-state index < -0.39 is 73.1 Å². The van der Waals surface area contributed by atoms with Crippen LogP contribution in [0.4, 0.5) is 20.1 Å². The number of amides is 2. The van der Waals surface area contributed by atoms with Crippen molar-refractivity contribution in [2.24, 2.45) is 10.2 Å². The van der Waals surface area contributed by atoms with Crippen molar-refractivity contribution in [2.75, 3.05) is 31.4 Å². The van der Waals surface area contributed by atoms with E-state index in [4.69, 9.17) is 29.5 Å². The number of aliphatic hydroxyl groups excluding tert-OH is 1. The summed E-state index contributed by atoms with van der Waals surface area (Å²) in [4.78, 5) is 79.9. The highest BCUT2D eigenvalue weighted by Crippen LogP contribution is 2.66. The molecule has 4 unspecified atom stereocenters. The number of phosphoric acid groups is 3. The van der Waals surface area contributed by atoms with Crippen molar-refractivity contribution < 1.29 is 83.7 Å². The monoisotopic (exact) mass is 1200 g/mol. The molecule has 9 N–H and O–H groups in total. The minimum Gasteiger partial charge on any atom is -0.510 e. The molecule has 3 aliphatic heterocycles. The maximum Gasteiger partial charge on any atom is 0.737 e. The van der Waals surface area contributed by atoms with E-state index in [1.165, 1.54) is 39.9 Å². The quantitative estimate of drug-likeness (QED) is 0.00955. The van der Waals surface area contributed by atoms with Crippen molar-refractivity contribution >= 4 is 87.1 Å². The molecule has 1 fully saturated rings. The van der Waals surface area contributed by atoms with E-state index in [0.29, 0.717) is 41.3 Å². The van der Waals surface area contributed by atoms with Crippen LogP contribution in [0.15, 0.2) is 92.9 Å². The van der Waals surface area contributed by atoms with E-state index in [2.05, 4.69) is 46.3 Å². The number of azo groups is 1. The number of aryl methyl sites for hydroxylation is 2. The van der Waals surface area contributed by atoms with Crippen molar-refractivity contribution in [1.29, 1.82) is 0 Å². The van der Waals surface area contributed by atoms with Gasteiger partial charge in [-0.25, -0.2) is 18.5 Å². The number of fused-ring (bicyclic) bond motifs is 2. The van der Waals surface area contributed by atoms with Gasteiger partial charge in [-0.2, -0.15) is 23.8 Å². The zero-order valence-electron chi connectivity index (χ0n) is 43.0. The summed E-state index contributed by atoms with van der Waals surface area (Å²) in [6, 6.07) is 7.20. The number of halogens is 2. The van der Waals surface area contributed by atoms with Gasteiger partial charge in [-0.15, -0.1) is 0 Å². The number of allylic oxidation sites excluding steroid dienone is 3. The molecule has 3 aromatic rings. The van der Waals surface area contributed by atoms with Gasteiger partial charge in [0.25, 0.3) is 5.91 Å². The molecule has 0 radical (unpaired) electrons. The maximum absolute atomic E-state index is 15.7. The number of hydrogen-bond donors (Lipinski definition) is 8. The molecular weight excluding hydrogens is 1140 g/mol. The molecule has 1 aromatic carbocycles. The number of carbonyl (C=O) groups excluding carboxylic acids is 2. The Labute approximate surface area is 459 Å². The largest absolute Gasteiger partial charge is 0.737 e. The second kappa shape index (κ2) is 25.2. The summed E-state index contributed by atoms with van der Waals surface area (Å²) >= 11 is 0. The minimum absolute atomic E-state index is 0.0140. The van der Waals surface area contributed by atoms with Crippen molar-refractivity contribution in [2.45, 2.75) is 95.9 Å². The highest BCUT2D eigenvalue weighted by atomic mass is 33.1. The molecule has 25 nitrogen and oxygen atoms in total. The molecule has 7 rings (SSSR count). The Kier molecular flexibility index (Phi) is 19.6. The van der Waals surface area contributed by atoms with Crippen LogP contribution in [0.25, 0.3) is 6.08 Å². The second-order valence-electron chi connectivity index (χ2n) is 19.1. The van der Waals surface area contributed by atoms with Gasteiger partial charge in [0, 0.05) is 66.2 Å². The van der Waals surface area contributed by atoms with Gasteiger partial charge in [0.05, 0.1) is 30.5 Å². The molecule has 6 atom stereocenters. The molecule has 0 spiro atoms. The number of rotatable bonds is 22. The molecule has 2 aromatic heterocycles. The molecular formula is C46H57BF2N9O16P3S2. The third kappa shape index (κ3) is 16.6. The van der Waals surface area contributed by atoms with Crippen molar-refractivity contribution in [3.63, 3.8) is 0 Å². The number of aromatic nitrogens is 3. The van der Waals surface area contributed by atoms with Gasteiger partial charge < -0.3 is 68.1 Å². The highest BCUT2D eigenvalue weighted by Gasteiger charge is 2.52. The average Bonchev–Trinajstić information content (AvgIpc) is 4.29. The number of aliphatic hydroxyl groups is 1. The number of carbonyl (C=O) groups is 2. The Morgan fingerprint density at radius 1 is 1.05 bits per heavy atom. The van der Waals surface area contributed by atoms with E-state index in [1.807, 2.05) is 26.8 Å². The van der Waals surface area contributed by atoms with Crippen molar-refractivity contribution in [3.8, 4) is 11.8 Å². The average molecular weight is 1200 g/mol. The summed E-state index contributed by atoms with van der Waals surface area (Å²) in [6.07, 6.45) is 7.22.